The number of nitrogens with zero attached hydrogens (tertiary/aromatic N) is 2. The Morgan fingerprint density at radius 3 is 2.53 bits per heavy atom. The average molecular weight is 267 g/mol. The Bertz CT molecular complexity index is 425. The van der Waals surface area contributed by atoms with E-state index in [4.69, 9.17) is 5.73 Å². The summed E-state index contributed by atoms with van der Waals surface area (Å²) in [6.07, 6.45) is 0.889. The summed E-state index contributed by atoms with van der Waals surface area (Å²) in [5, 5.41) is 9.76. The molecular formula is C13H25N5O. The van der Waals surface area contributed by atoms with Crippen molar-refractivity contribution in [1.29, 1.82) is 0 Å². The lowest BCUT2D eigenvalue weighted by atomic mass is 10.1. The molecule has 0 bridgehead atoms. The van der Waals surface area contributed by atoms with Crippen LogP contribution in [-0.4, -0.2) is 47.7 Å². The molecular weight excluding hydrogens is 242 g/mol. The number of carbonyl (C=O) groups excluding carboxylic acids is 1. The first-order valence-electron chi connectivity index (χ1n) is 6.62. The van der Waals surface area contributed by atoms with E-state index in [2.05, 4.69) is 20.4 Å². The van der Waals surface area contributed by atoms with E-state index in [-0.39, 0.29) is 17.9 Å². The van der Waals surface area contributed by atoms with Crippen LogP contribution >= 0.6 is 0 Å². The van der Waals surface area contributed by atoms with Gasteiger partial charge in [-0.05, 0) is 39.9 Å². The van der Waals surface area contributed by atoms with Crippen molar-refractivity contribution in [2.24, 2.45) is 0 Å². The molecule has 0 aliphatic carbocycles. The highest BCUT2D eigenvalue weighted by Gasteiger charge is 2.19. The van der Waals surface area contributed by atoms with Gasteiger partial charge in [0, 0.05) is 6.04 Å². The lowest BCUT2D eigenvalue weighted by molar-refractivity contribution is 0.0932. The lowest BCUT2D eigenvalue weighted by Gasteiger charge is -2.16. The van der Waals surface area contributed by atoms with Gasteiger partial charge in [0.25, 0.3) is 5.91 Å². The molecule has 1 unspecified atom stereocenters. The second-order valence-electron chi connectivity index (χ2n) is 5.52. The molecule has 0 fully saturated rings. The Morgan fingerprint density at radius 1 is 1.42 bits per heavy atom. The van der Waals surface area contributed by atoms with E-state index in [1.54, 1.807) is 0 Å². The zero-order valence-corrected chi connectivity index (χ0v) is 12.4. The summed E-state index contributed by atoms with van der Waals surface area (Å²) >= 11 is 0. The number of nitrogen functional groups attached to an aromatic ring is 1. The van der Waals surface area contributed by atoms with Crippen molar-refractivity contribution in [3.8, 4) is 0 Å². The van der Waals surface area contributed by atoms with Gasteiger partial charge in [-0.25, -0.2) is 0 Å². The van der Waals surface area contributed by atoms with Gasteiger partial charge in [0.15, 0.2) is 5.69 Å². The van der Waals surface area contributed by atoms with Gasteiger partial charge in [0.2, 0.25) is 0 Å². The summed E-state index contributed by atoms with van der Waals surface area (Å²) in [5.74, 6) is 0.00659. The summed E-state index contributed by atoms with van der Waals surface area (Å²) in [7, 11) is 4.02. The quantitative estimate of drug-likeness (QED) is 0.722. The third kappa shape index (κ3) is 4.24. The topological polar surface area (TPSA) is 87.0 Å². The van der Waals surface area contributed by atoms with Crippen LogP contribution in [0.25, 0.3) is 0 Å². The molecule has 0 aliphatic heterocycles. The van der Waals surface area contributed by atoms with Crippen LogP contribution in [-0.2, 0) is 0 Å². The van der Waals surface area contributed by atoms with E-state index in [9.17, 15) is 4.79 Å². The molecule has 4 N–H and O–H groups in total. The molecule has 1 aromatic heterocycles. The minimum absolute atomic E-state index is 0.0912. The second kappa shape index (κ2) is 6.56. The van der Waals surface area contributed by atoms with Crippen molar-refractivity contribution in [3.63, 3.8) is 0 Å². The van der Waals surface area contributed by atoms with Crippen LogP contribution < -0.4 is 11.1 Å². The normalized spacial score (nSPS) is 13.0. The monoisotopic (exact) mass is 267 g/mol. The predicted molar refractivity (Wildman–Crippen MR) is 77.2 cm³/mol. The fourth-order valence-corrected chi connectivity index (χ4v) is 1.79. The van der Waals surface area contributed by atoms with Gasteiger partial charge in [-0.1, -0.05) is 13.8 Å². The zero-order chi connectivity index (χ0) is 14.6. The molecule has 0 radical (unpaired) electrons. The van der Waals surface area contributed by atoms with Crippen molar-refractivity contribution >= 4 is 11.6 Å². The lowest BCUT2D eigenvalue weighted by Crippen LogP contribution is -2.35. The van der Waals surface area contributed by atoms with Crippen LogP contribution in [0.3, 0.4) is 0 Å². The fourth-order valence-electron chi connectivity index (χ4n) is 1.79. The Kier molecular flexibility index (Phi) is 5.35. The van der Waals surface area contributed by atoms with Crippen molar-refractivity contribution in [3.05, 3.63) is 11.4 Å². The molecule has 0 aromatic carbocycles. The molecule has 6 nitrogen and oxygen atoms in total. The summed E-state index contributed by atoms with van der Waals surface area (Å²) in [4.78, 5) is 14.2. The third-order valence-corrected chi connectivity index (χ3v) is 3.01. The minimum atomic E-state index is -0.216. The van der Waals surface area contributed by atoms with Crippen molar-refractivity contribution in [2.45, 2.75) is 39.2 Å². The number of aromatic amines is 1. The SMILES string of the molecule is CC(CCN(C)C)NC(=O)c1n[nH]c(C(C)C)c1N. The third-order valence-electron chi connectivity index (χ3n) is 3.01. The highest BCUT2D eigenvalue weighted by atomic mass is 16.2. The Labute approximate surface area is 114 Å². The molecule has 0 aliphatic rings. The van der Waals surface area contributed by atoms with Crippen molar-refractivity contribution in [2.75, 3.05) is 26.4 Å². The molecule has 1 aromatic rings. The van der Waals surface area contributed by atoms with Crippen LogP contribution in [0.1, 0.15) is 49.3 Å². The number of H-pyrrole nitrogens is 1. The maximum absolute atomic E-state index is 12.1. The van der Waals surface area contributed by atoms with Crippen LogP contribution in [0.2, 0.25) is 0 Å². The van der Waals surface area contributed by atoms with Crippen LogP contribution in [0.4, 0.5) is 5.69 Å². The molecule has 1 heterocycles. The summed E-state index contributed by atoms with van der Waals surface area (Å²) in [6.45, 7) is 6.92. The molecule has 1 atom stereocenters. The first-order valence-corrected chi connectivity index (χ1v) is 6.62. The first kappa shape index (κ1) is 15.5. The van der Waals surface area contributed by atoms with Crippen molar-refractivity contribution < 1.29 is 4.79 Å². The summed E-state index contributed by atoms with van der Waals surface area (Å²) in [6, 6.07) is 0.0912. The highest BCUT2D eigenvalue weighted by Crippen LogP contribution is 2.21. The highest BCUT2D eigenvalue weighted by molar-refractivity contribution is 5.97. The van der Waals surface area contributed by atoms with Crippen molar-refractivity contribution in [1.82, 2.24) is 20.4 Å². The van der Waals surface area contributed by atoms with Crippen LogP contribution in [0, 0.1) is 0 Å². The van der Waals surface area contributed by atoms with Gasteiger partial charge in [-0.15, -0.1) is 0 Å². The zero-order valence-electron chi connectivity index (χ0n) is 12.4. The fraction of sp³-hybridized carbons (Fsp3) is 0.692. The average Bonchev–Trinajstić information content (AvgIpc) is 2.68. The number of hydrogen-bond donors (Lipinski definition) is 3. The molecule has 0 saturated heterocycles. The summed E-state index contributed by atoms with van der Waals surface area (Å²) < 4.78 is 0. The number of nitrogens with two attached hydrogens (primary N) is 1. The minimum Gasteiger partial charge on any atom is -0.395 e. The van der Waals surface area contributed by atoms with Gasteiger partial charge >= 0.3 is 0 Å². The number of anilines is 1. The number of carbonyl (C=O) groups is 1. The van der Waals surface area contributed by atoms with E-state index in [1.165, 1.54) is 0 Å². The second-order valence-corrected chi connectivity index (χ2v) is 5.52. The van der Waals surface area contributed by atoms with Gasteiger partial charge in [0.1, 0.15) is 0 Å². The van der Waals surface area contributed by atoms with Crippen LogP contribution in [0.15, 0.2) is 0 Å². The Hall–Kier alpha value is -1.56. The van der Waals surface area contributed by atoms with E-state index >= 15 is 0 Å². The molecule has 6 heteroatoms. The smallest absolute Gasteiger partial charge is 0.274 e. The first-order chi connectivity index (χ1) is 8.82. The molecule has 19 heavy (non-hydrogen) atoms. The summed E-state index contributed by atoms with van der Waals surface area (Å²) in [5.41, 5.74) is 7.49. The number of amides is 1. The Morgan fingerprint density at radius 2 is 2.05 bits per heavy atom. The molecule has 108 valence electrons. The predicted octanol–water partition coefficient (Wildman–Crippen LogP) is 1.19. The maximum Gasteiger partial charge on any atom is 0.274 e. The van der Waals surface area contributed by atoms with Crippen LogP contribution in [0.5, 0.6) is 0 Å². The number of aromatic nitrogens is 2. The number of rotatable bonds is 6. The molecule has 0 saturated carbocycles. The van der Waals surface area contributed by atoms with E-state index in [0.29, 0.717) is 11.4 Å². The van der Waals surface area contributed by atoms with Gasteiger partial charge in [-0.3, -0.25) is 9.89 Å². The Balaban J connectivity index is 2.63. The van der Waals surface area contributed by atoms with E-state index in [0.717, 1.165) is 18.7 Å². The molecule has 1 rings (SSSR count). The van der Waals surface area contributed by atoms with E-state index < -0.39 is 0 Å². The maximum atomic E-state index is 12.1. The standard InChI is InChI=1S/C13H25N5O/c1-8(2)11-10(14)12(17-16-11)13(19)15-9(3)6-7-18(4)5/h8-9H,6-7,14H2,1-5H3,(H,15,19)(H,16,17). The van der Waals surface area contributed by atoms with Gasteiger partial charge in [0.05, 0.1) is 11.4 Å². The van der Waals surface area contributed by atoms with Gasteiger partial charge < -0.3 is 16.0 Å². The van der Waals surface area contributed by atoms with Gasteiger partial charge in [-0.2, -0.15) is 5.10 Å². The number of hydrogen-bond acceptors (Lipinski definition) is 4. The number of nitrogens with one attached hydrogen (secondary N) is 2. The molecule has 1 amide bonds. The van der Waals surface area contributed by atoms with E-state index in [1.807, 2.05) is 34.9 Å². The molecule has 0 spiro atoms. The largest absolute Gasteiger partial charge is 0.395 e.